The van der Waals surface area contributed by atoms with Crippen molar-refractivity contribution in [1.82, 2.24) is 0 Å². The second-order valence-corrected chi connectivity index (χ2v) is 6.31. The summed E-state index contributed by atoms with van der Waals surface area (Å²) < 4.78 is 22.0. The van der Waals surface area contributed by atoms with Gasteiger partial charge in [-0.25, -0.2) is 0 Å². The molecule has 21 heavy (non-hydrogen) atoms. The summed E-state index contributed by atoms with van der Waals surface area (Å²) in [6, 6.07) is 0. The molecular formula is C17H34O4. The van der Waals surface area contributed by atoms with Crippen molar-refractivity contribution >= 4 is 0 Å². The monoisotopic (exact) mass is 302 g/mol. The molecule has 4 nitrogen and oxygen atoms in total. The van der Waals surface area contributed by atoms with Crippen LogP contribution in [0.3, 0.4) is 0 Å². The van der Waals surface area contributed by atoms with Gasteiger partial charge in [0.05, 0.1) is 13.2 Å². The van der Waals surface area contributed by atoms with Crippen molar-refractivity contribution in [2.75, 3.05) is 34.0 Å². The lowest BCUT2D eigenvalue weighted by molar-refractivity contribution is -0.206. The Bertz CT molecular complexity index is 249. The second kappa shape index (κ2) is 10.5. The fourth-order valence-electron chi connectivity index (χ4n) is 2.59. The lowest BCUT2D eigenvalue weighted by Gasteiger charge is -2.30. The van der Waals surface area contributed by atoms with Crippen LogP contribution in [0.15, 0.2) is 0 Å². The van der Waals surface area contributed by atoms with Crippen molar-refractivity contribution in [3.63, 3.8) is 0 Å². The maximum absolute atomic E-state index is 5.80. The zero-order valence-corrected chi connectivity index (χ0v) is 14.4. The fourth-order valence-corrected chi connectivity index (χ4v) is 2.59. The maximum Gasteiger partial charge on any atom is 0.165 e. The maximum atomic E-state index is 5.80. The van der Waals surface area contributed by atoms with Crippen molar-refractivity contribution in [1.29, 1.82) is 0 Å². The third kappa shape index (κ3) is 8.77. The summed E-state index contributed by atoms with van der Waals surface area (Å²) in [5.74, 6) is -0.0247. The third-order valence-corrected chi connectivity index (χ3v) is 4.30. The summed E-state index contributed by atoms with van der Waals surface area (Å²) in [4.78, 5) is 0. The number of epoxide rings is 1. The highest BCUT2D eigenvalue weighted by molar-refractivity contribution is 4.72. The number of hydrogen-bond donors (Lipinski definition) is 0. The van der Waals surface area contributed by atoms with Crippen molar-refractivity contribution in [3.8, 4) is 0 Å². The van der Waals surface area contributed by atoms with Gasteiger partial charge < -0.3 is 18.9 Å². The molecule has 1 rings (SSSR count). The number of methoxy groups -OCH3 is 2. The summed E-state index contributed by atoms with van der Waals surface area (Å²) in [5.41, 5.74) is 0. The Morgan fingerprint density at radius 2 is 1.81 bits per heavy atom. The van der Waals surface area contributed by atoms with E-state index >= 15 is 0 Å². The summed E-state index contributed by atoms with van der Waals surface area (Å²) in [7, 11) is 3.42. The van der Waals surface area contributed by atoms with Gasteiger partial charge in [0.1, 0.15) is 6.10 Å². The molecule has 0 spiro atoms. The normalized spacial score (nSPS) is 19.7. The number of rotatable bonds is 14. The molecule has 1 fully saturated rings. The molecule has 0 aliphatic carbocycles. The SMILES string of the molecule is CCCCCCCC(COCC1CO1)CC(C)(OC)OC. The van der Waals surface area contributed by atoms with Gasteiger partial charge in [-0.05, 0) is 19.3 Å². The summed E-state index contributed by atoms with van der Waals surface area (Å²) in [5, 5.41) is 0. The van der Waals surface area contributed by atoms with Crippen LogP contribution in [0.2, 0.25) is 0 Å². The van der Waals surface area contributed by atoms with E-state index in [0.29, 0.717) is 12.0 Å². The molecule has 1 saturated heterocycles. The molecule has 2 unspecified atom stereocenters. The fraction of sp³-hybridized carbons (Fsp3) is 1.00. The molecule has 0 saturated carbocycles. The Kier molecular flexibility index (Phi) is 9.49. The minimum atomic E-state index is -0.506. The summed E-state index contributed by atoms with van der Waals surface area (Å²) in [6.07, 6.45) is 8.94. The smallest absolute Gasteiger partial charge is 0.165 e. The highest BCUT2D eigenvalue weighted by Gasteiger charge is 2.28. The highest BCUT2D eigenvalue weighted by atomic mass is 16.7. The minimum absolute atomic E-state index is 0.339. The number of unbranched alkanes of at least 4 members (excludes halogenated alkanes) is 4. The van der Waals surface area contributed by atoms with E-state index in [1.54, 1.807) is 14.2 Å². The molecule has 4 heteroatoms. The van der Waals surface area contributed by atoms with Crippen LogP contribution in [-0.2, 0) is 18.9 Å². The molecule has 0 radical (unpaired) electrons. The van der Waals surface area contributed by atoms with Gasteiger partial charge in [0.15, 0.2) is 5.79 Å². The highest BCUT2D eigenvalue weighted by Crippen LogP contribution is 2.26. The average Bonchev–Trinajstić information content (AvgIpc) is 3.30. The zero-order valence-electron chi connectivity index (χ0n) is 14.4. The van der Waals surface area contributed by atoms with Gasteiger partial charge >= 0.3 is 0 Å². The van der Waals surface area contributed by atoms with Crippen molar-refractivity contribution in [2.24, 2.45) is 5.92 Å². The molecule has 126 valence electrons. The first kappa shape index (κ1) is 18.9. The Labute approximate surface area is 130 Å². The summed E-state index contributed by atoms with van der Waals surface area (Å²) in [6.45, 7) is 6.61. The van der Waals surface area contributed by atoms with Crippen LogP contribution in [-0.4, -0.2) is 45.9 Å². The first-order valence-electron chi connectivity index (χ1n) is 8.43. The van der Waals surface area contributed by atoms with E-state index in [4.69, 9.17) is 18.9 Å². The molecule has 0 aromatic heterocycles. The average molecular weight is 302 g/mol. The predicted octanol–water partition coefficient (Wildman–Crippen LogP) is 3.78. The Morgan fingerprint density at radius 3 is 2.38 bits per heavy atom. The van der Waals surface area contributed by atoms with Crippen LogP contribution in [0.5, 0.6) is 0 Å². The molecule has 0 bridgehead atoms. The first-order chi connectivity index (χ1) is 10.1. The van der Waals surface area contributed by atoms with Gasteiger partial charge in [0, 0.05) is 27.2 Å². The third-order valence-electron chi connectivity index (χ3n) is 4.30. The Balaban J connectivity index is 2.28. The van der Waals surface area contributed by atoms with Crippen molar-refractivity contribution in [3.05, 3.63) is 0 Å². The zero-order chi connectivity index (χ0) is 15.6. The van der Waals surface area contributed by atoms with Crippen LogP contribution >= 0.6 is 0 Å². The van der Waals surface area contributed by atoms with Crippen LogP contribution < -0.4 is 0 Å². The van der Waals surface area contributed by atoms with Gasteiger partial charge in [-0.3, -0.25) is 0 Å². The van der Waals surface area contributed by atoms with Gasteiger partial charge in [0.25, 0.3) is 0 Å². The number of ether oxygens (including phenoxy) is 4. The van der Waals surface area contributed by atoms with E-state index in [1.807, 2.05) is 6.92 Å². The van der Waals surface area contributed by atoms with E-state index in [-0.39, 0.29) is 0 Å². The van der Waals surface area contributed by atoms with Gasteiger partial charge in [-0.2, -0.15) is 0 Å². The molecule has 0 N–H and O–H groups in total. The van der Waals surface area contributed by atoms with Crippen LogP contribution in [0.25, 0.3) is 0 Å². The first-order valence-corrected chi connectivity index (χ1v) is 8.43. The van der Waals surface area contributed by atoms with Crippen LogP contribution in [0, 0.1) is 5.92 Å². The lowest BCUT2D eigenvalue weighted by atomic mass is 9.94. The molecule has 1 aliphatic rings. The molecule has 0 aromatic carbocycles. The number of hydrogen-bond acceptors (Lipinski definition) is 4. The Morgan fingerprint density at radius 1 is 1.14 bits per heavy atom. The quantitative estimate of drug-likeness (QED) is 0.278. The lowest BCUT2D eigenvalue weighted by Crippen LogP contribution is -2.34. The van der Waals surface area contributed by atoms with Gasteiger partial charge in [-0.15, -0.1) is 0 Å². The van der Waals surface area contributed by atoms with Crippen molar-refractivity contribution < 1.29 is 18.9 Å². The van der Waals surface area contributed by atoms with E-state index < -0.39 is 5.79 Å². The predicted molar refractivity (Wildman–Crippen MR) is 84.5 cm³/mol. The van der Waals surface area contributed by atoms with E-state index in [0.717, 1.165) is 26.2 Å². The van der Waals surface area contributed by atoms with E-state index in [1.165, 1.54) is 38.5 Å². The molecule has 1 heterocycles. The van der Waals surface area contributed by atoms with Crippen LogP contribution in [0.4, 0.5) is 0 Å². The Hall–Kier alpha value is -0.160. The molecule has 2 atom stereocenters. The topological polar surface area (TPSA) is 40.2 Å². The van der Waals surface area contributed by atoms with Crippen molar-refractivity contribution in [2.45, 2.75) is 70.7 Å². The van der Waals surface area contributed by atoms with E-state index in [9.17, 15) is 0 Å². The molecule has 0 amide bonds. The largest absolute Gasteiger partial charge is 0.378 e. The van der Waals surface area contributed by atoms with Crippen LogP contribution in [0.1, 0.15) is 58.8 Å². The minimum Gasteiger partial charge on any atom is -0.378 e. The van der Waals surface area contributed by atoms with E-state index in [2.05, 4.69) is 6.92 Å². The van der Waals surface area contributed by atoms with Gasteiger partial charge in [-0.1, -0.05) is 39.0 Å². The molecular weight excluding hydrogens is 268 g/mol. The van der Waals surface area contributed by atoms with Gasteiger partial charge in [0.2, 0.25) is 0 Å². The second-order valence-electron chi connectivity index (χ2n) is 6.31. The standard InChI is InChI=1S/C17H34O4/c1-5-6-7-8-9-10-15(11-17(2,18-3)19-4)12-20-13-16-14-21-16/h15-16H,5-14H2,1-4H3. The molecule has 0 aromatic rings. The summed E-state index contributed by atoms with van der Waals surface area (Å²) >= 11 is 0. The molecule has 1 aliphatic heterocycles.